The Balaban J connectivity index is 6.27. The summed E-state index contributed by atoms with van der Waals surface area (Å²) in [6.07, 6.45) is 1.94. The molecule has 0 unspecified atom stereocenters. The van der Waals surface area contributed by atoms with Crippen LogP contribution in [0.5, 0.6) is 0 Å². The highest BCUT2D eigenvalue weighted by molar-refractivity contribution is 5.85. The molecule has 0 aromatic carbocycles. The molecule has 0 rings (SSSR count). The molecule has 0 saturated heterocycles. The summed E-state index contributed by atoms with van der Waals surface area (Å²) in [5.74, 6) is -6.65. The van der Waals surface area contributed by atoms with Crippen molar-refractivity contribution in [2.75, 3.05) is 19.8 Å². The molecule has 0 aliphatic heterocycles. The molecule has 0 aliphatic carbocycles. The summed E-state index contributed by atoms with van der Waals surface area (Å²) < 4.78 is 14.3. The van der Waals surface area contributed by atoms with Gasteiger partial charge in [0.1, 0.15) is 0 Å². The molecule has 0 amide bonds. The minimum Gasteiger partial charge on any atom is -0.395 e. The summed E-state index contributed by atoms with van der Waals surface area (Å²) in [6.45, 7) is 6.11. The summed E-state index contributed by atoms with van der Waals surface area (Å²) >= 11 is 0. The smallest absolute Gasteiger partial charge is 0.395 e. The van der Waals surface area contributed by atoms with Gasteiger partial charge in [-0.3, -0.25) is 0 Å². The summed E-state index contributed by atoms with van der Waals surface area (Å²) in [5.41, 5.74) is -2.27. The van der Waals surface area contributed by atoms with Crippen LogP contribution in [0.2, 0.25) is 0 Å². The van der Waals surface area contributed by atoms with Gasteiger partial charge in [0.2, 0.25) is 0 Å². The highest BCUT2D eigenvalue weighted by Gasteiger charge is 2.62. The molecule has 0 aromatic rings. The Labute approximate surface area is 132 Å². The Hall–Kier alpha value is -2.49. The van der Waals surface area contributed by atoms with Crippen LogP contribution in [0.15, 0.2) is 38.0 Å². The van der Waals surface area contributed by atoms with Gasteiger partial charge in [0.15, 0.2) is 5.41 Å². The molecule has 0 spiro atoms. The third-order valence-corrected chi connectivity index (χ3v) is 2.76. The fourth-order valence-corrected chi connectivity index (χ4v) is 1.35. The van der Waals surface area contributed by atoms with Gasteiger partial charge in [0.25, 0.3) is 0 Å². The molecule has 0 atom stereocenters. The average Bonchev–Trinajstić information content (AvgIpc) is 2.56. The maximum Gasteiger partial charge on any atom is 0.437 e. The second-order valence-corrected chi connectivity index (χ2v) is 4.19. The number of aliphatic hydroxyl groups is 3. The van der Waals surface area contributed by atoms with Crippen LogP contribution in [-0.4, -0.2) is 59.0 Å². The second-order valence-electron chi connectivity index (χ2n) is 4.19. The predicted molar refractivity (Wildman–Crippen MR) is 75.3 cm³/mol. The van der Waals surface area contributed by atoms with Gasteiger partial charge in [0.05, 0.1) is 19.8 Å². The molecule has 0 radical (unpaired) electrons. The minimum absolute atomic E-state index is 0.648. The SMILES string of the molecule is C=CC(=O)OC(OC(=O)C=C)(OC(=O)C=C)C(CO)(CO)CO. The lowest BCUT2D eigenvalue weighted by Gasteiger charge is -2.42. The molecular weight excluding hydrogens is 312 g/mol. The van der Waals surface area contributed by atoms with E-state index in [1.54, 1.807) is 0 Å². The number of rotatable bonds is 10. The number of carbonyl (C=O) groups is 3. The zero-order valence-corrected chi connectivity index (χ0v) is 12.3. The van der Waals surface area contributed by atoms with Gasteiger partial charge in [-0.05, 0) is 0 Å². The number of carbonyl (C=O) groups excluding carboxylic acids is 3. The van der Waals surface area contributed by atoms with Crippen molar-refractivity contribution in [3.63, 3.8) is 0 Å². The minimum atomic E-state index is -2.98. The Morgan fingerprint density at radius 2 is 1.00 bits per heavy atom. The number of aliphatic hydroxyl groups excluding tert-OH is 3. The van der Waals surface area contributed by atoms with Gasteiger partial charge in [0, 0.05) is 18.2 Å². The van der Waals surface area contributed by atoms with Crippen LogP contribution in [0.1, 0.15) is 0 Å². The topological polar surface area (TPSA) is 140 Å². The summed E-state index contributed by atoms with van der Waals surface area (Å²) in [7, 11) is 0. The molecule has 0 heterocycles. The van der Waals surface area contributed by atoms with Crippen molar-refractivity contribution in [1.29, 1.82) is 0 Å². The van der Waals surface area contributed by atoms with E-state index in [9.17, 15) is 29.7 Å². The van der Waals surface area contributed by atoms with Crippen LogP contribution in [0.25, 0.3) is 0 Å². The van der Waals surface area contributed by atoms with Crippen molar-refractivity contribution in [2.24, 2.45) is 5.41 Å². The van der Waals surface area contributed by atoms with E-state index in [4.69, 9.17) is 14.2 Å². The van der Waals surface area contributed by atoms with Gasteiger partial charge >= 0.3 is 23.9 Å². The molecule has 23 heavy (non-hydrogen) atoms. The summed E-state index contributed by atoms with van der Waals surface area (Å²) in [4.78, 5) is 34.6. The van der Waals surface area contributed by atoms with Crippen LogP contribution >= 0.6 is 0 Å². The van der Waals surface area contributed by atoms with Crippen molar-refractivity contribution in [2.45, 2.75) is 5.97 Å². The first-order chi connectivity index (χ1) is 10.8. The molecule has 0 aromatic heterocycles. The fraction of sp³-hybridized carbons (Fsp3) is 0.357. The molecule has 3 N–H and O–H groups in total. The van der Waals surface area contributed by atoms with Gasteiger partial charge in [-0.15, -0.1) is 0 Å². The maximum absolute atomic E-state index is 11.5. The van der Waals surface area contributed by atoms with Gasteiger partial charge in [-0.25, -0.2) is 14.4 Å². The van der Waals surface area contributed by atoms with E-state index in [0.29, 0.717) is 18.2 Å². The zero-order chi connectivity index (χ0) is 18.1. The van der Waals surface area contributed by atoms with E-state index < -0.39 is 49.1 Å². The highest BCUT2D eigenvalue weighted by Crippen LogP contribution is 2.37. The Morgan fingerprint density at radius 3 is 1.17 bits per heavy atom. The molecule has 0 fully saturated rings. The molecule has 128 valence electrons. The van der Waals surface area contributed by atoms with Crippen LogP contribution in [0.4, 0.5) is 0 Å². The van der Waals surface area contributed by atoms with E-state index >= 15 is 0 Å². The van der Waals surface area contributed by atoms with Gasteiger partial charge in [-0.1, -0.05) is 19.7 Å². The van der Waals surface area contributed by atoms with E-state index in [1.165, 1.54) is 0 Å². The number of esters is 3. The van der Waals surface area contributed by atoms with Gasteiger partial charge in [-0.2, -0.15) is 0 Å². The van der Waals surface area contributed by atoms with Crippen molar-refractivity contribution < 1.29 is 43.9 Å². The van der Waals surface area contributed by atoms with E-state index in [-0.39, 0.29) is 0 Å². The molecule has 9 heteroatoms. The van der Waals surface area contributed by atoms with Crippen molar-refractivity contribution in [3.8, 4) is 0 Å². The van der Waals surface area contributed by atoms with Crippen LogP contribution in [0.3, 0.4) is 0 Å². The largest absolute Gasteiger partial charge is 0.437 e. The summed E-state index contributed by atoms with van der Waals surface area (Å²) in [6, 6.07) is 0. The normalized spacial score (nSPS) is 11.1. The average molecular weight is 330 g/mol. The quantitative estimate of drug-likeness (QED) is 0.256. The van der Waals surface area contributed by atoms with Crippen molar-refractivity contribution in [3.05, 3.63) is 38.0 Å². The lowest BCUT2D eigenvalue weighted by Crippen LogP contribution is -2.62. The number of ether oxygens (including phenoxy) is 3. The first-order valence-corrected chi connectivity index (χ1v) is 6.19. The molecule has 0 bridgehead atoms. The van der Waals surface area contributed by atoms with Crippen LogP contribution in [0, 0.1) is 5.41 Å². The summed E-state index contributed by atoms with van der Waals surface area (Å²) in [5, 5.41) is 28.5. The molecule has 9 nitrogen and oxygen atoms in total. The predicted octanol–water partition coefficient (Wildman–Crippen LogP) is -1.21. The maximum atomic E-state index is 11.5. The van der Waals surface area contributed by atoms with E-state index in [2.05, 4.69) is 19.7 Å². The first kappa shape index (κ1) is 20.5. The monoisotopic (exact) mass is 330 g/mol. The third-order valence-electron chi connectivity index (χ3n) is 2.76. The Bertz CT molecular complexity index is 427. The standard InChI is InChI=1S/C14H18O9/c1-4-10(18)21-14(22-11(19)5-2,23-12(20)6-3)13(7-15,8-16)9-17/h4-6,15-17H,1-3,7-9H2. The number of hydrogen-bond donors (Lipinski definition) is 3. The van der Waals surface area contributed by atoms with E-state index in [0.717, 1.165) is 0 Å². The molecular formula is C14H18O9. The fourth-order valence-electron chi connectivity index (χ4n) is 1.35. The first-order valence-electron chi connectivity index (χ1n) is 6.19. The lowest BCUT2D eigenvalue weighted by molar-refractivity contribution is -0.388. The molecule has 0 saturated carbocycles. The van der Waals surface area contributed by atoms with Gasteiger partial charge < -0.3 is 29.5 Å². The number of hydrogen-bond acceptors (Lipinski definition) is 9. The highest BCUT2D eigenvalue weighted by atomic mass is 16.9. The Morgan fingerprint density at radius 1 is 0.739 bits per heavy atom. The lowest BCUT2D eigenvalue weighted by atomic mass is 9.87. The van der Waals surface area contributed by atoms with Crippen molar-refractivity contribution >= 4 is 17.9 Å². The van der Waals surface area contributed by atoms with E-state index in [1.807, 2.05) is 0 Å². The second kappa shape index (κ2) is 8.83. The molecule has 0 aliphatic rings. The Kier molecular flexibility index (Phi) is 7.88. The van der Waals surface area contributed by atoms with Crippen LogP contribution in [-0.2, 0) is 28.6 Å². The third kappa shape index (κ3) is 4.49. The van der Waals surface area contributed by atoms with Crippen molar-refractivity contribution in [1.82, 2.24) is 0 Å². The zero-order valence-electron chi connectivity index (χ0n) is 12.3. The van der Waals surface area contributed by atoms with Crippen LogP contribution < -0.4 is 0 Å².